The van der Waals surface area contributed by atoms with Gasteiger partial charge < -0.3 is 5.32 Å². The maximum atomic E-state index is 11.9. The molecule has 0 radical (unpaired) electrons. The molecule has 0 bridgehead atoms. The van der Waals surface area contributed by atoms with E-state index in [0.717, 1.165) is 21.9 Å². The number of aromatic nitrogens is 3. The highest BCUT2D eigenvalue weighted by Crippen LogP contribution is 2.21. The van der Waals surface area contributed by atoms with Crippen LogP contribution in [-0.2, 0) is 11.3 Å². The number of imidazole rings is 1. The number of hydrogen-bond acceptors (Lipinski definition) is 4. The molecule has 0 saturated heterocycles. The smallest absolute Gasteiger partial charge is 0.244 e. The second-order valence-electron chi connectivity index (χ2n) is 4.99. The third-order valence-electron chi connectivity index (χ3n) is 3.24. The molecule has 0 aliphatic heterocycles. The Morgan fingerprint density at radius 2 is 2.32 bits per heavy atom. The first kappa shape index (κ1) is 14.5. The number of rotatable bonds is 4. The highest BCUT2D eigenvalue weighted by molar-refractivity contribution is 7.17. The fourth-order valence-corrected chi connectivity index (χ4v) is 3.07. The molecular weight excluding hydrogens is 296 g/mol. The fraction of sp³-hybridized carbons (Fsp3) is 0.188. The van der Waals surface area contributed by atoms with Crippen molar-refractivity contribution in [2.45, 2.75) is 20.4 Å². The predicted molar refractivity (Wildman–Crippen MR) is 87.7 cm³/mol. The van der Waals surface area contributed by atoms with Crippen LogP contribution in [0.15, 0.2) is 36.8 Å². The van der Waals surface area contributed by atoms with E-state index in [0.29, 0.717) is 6.54 Å². The highest BCUT2D eigenvalue weighted by Gasteiger charge is 2.08. The highest BCUT2D eigenvalue weighted by atomic mass is 32.1. The number of aryl methyl sites for hydroxylation is 2. The van der Waals surface area contributed by atoms with Crippen molar-refractivity contribution >= 4 is 28.3 Å². The Bertz CT molecular complexity index is 833. The lowest BCUT2D eigenvalue weighted by Crippen LogP contribution is -2.20. The van der Waals surface area contributed by atoms with Gasteiger partial charge in [0.1, 0.15) is 0 Å². The maximum absolute atomic E-state index is 11.9. The van der Waals surface area contributed by atoms with Crippen LogP contribution in [0.5, 0.6) is 0 Å². The van der Waals surface area contributed by atoms with Crippen LogP contribution >= 0.6 is 11.3 Å². The molecule has 0 aromatic carbocycles. The summed E-state index contributed by atoms with van der Waals surface area (Å²) in [6.07, 6.45) is 8.83. The number of nitrogens with one attached hydrogen (secondary N) is 1. The molecule has 0 spiro atoms. The molecule has 3 heterocycles. The Morgan fingerprint density at radius 3 is 3.09 bits per heavy atom. The largest absolute Gasteiger partial charge is 0.348 e. The third-order valence-corrected chi connectivity index (χ3v) is 4.14. The van der Waals surface area contributed by atoms with E-state index in [1.807, 2.05) is 36.6 Å². The zero-order valence-corrected chi connectivity index (χ0v) is 13.2. The van der Waals surface area contributed by atoms with Crippen LogP contribution in [0.1, 0.15) is 21.8 Å². The van der Waals surface area contributed by atoms with E-state index in [2.05, 4.69) is 15.3 Å². The number of nitrogens with zero attached hydrogens (tertiary/aromatic N) is 3. The molecule has 5 nitrogen and oxygen atoms in total. The molecule has 0 saturated carbocycles. The van der Waals surface area contributed by atoms with Gasteiger partial charge in [0, 0.05) is 36.1 Å². The summed E-state index contributed by atoms with van der Waals surface area (Å²) in [5.41, 5.74) is 2.83. The van der Waals surface area contributed by atoms with Gasteiger partial charge in [-0.1, -0.05) is 6.07 Å². The summed E-state index contributed by atoms with van der Waals surface area (Å²) in [7, 11) is 0. The Morgan fingerprint density at radius 1 is 1.45 bits per heavy atom. The van der Waals surface area contributed by atoms with Gasteiger partial charge in [-0.2, -0.15) is 0 Å². The summed E-state index contributed by atoms with van der Waals surface area (Å²) >= 11 is 1.64. The van der Waals surface area contributed by atoms with Gasteiger partial charge in [0.05, 0.1) is 11.4 Å². The van der Waals surface area contributed by atoms with Crippen LogP contribution in [-0.4, -0.2) is 20.3 Å². The summed E-state index contributed by atoms with van der Waals surface area (Å²) in [6, 6.07) is 3.78. The predicted octanol–water partition coefficient (Wildman–Crippen LogP) is 2.74. The molecule has 0 atom stereocenters. The van der Waals surface area contributed by atoms with E-state index in [1.54, 1.807) is 35.9 Å². The molecule has 1 amide bonds. The molecule has 3 aromatic rings. The zero-order chi connectivity index (χ0) is 15.5. The molecule has 3 aromatic heterocycles. The van der Waals surface area contributed by atoms with Crippen molar-refractivity contribution < 1.29 is 4.79 Å². The summed E-state index contributed by atoms with van der Waals surface area (Å²) in [6.45, 7) is 4.46. The lowest BCUT2D eigenvalue weighted by atomic mass is 10.3. The van der Waals surface area contributed by atoms with Crippen LogP contribution in [0, 0.1) is 13.8 Å². The topological polar surface area (TPSA) is 59.3 Å². The Labute approximate surface area is 132 Å². The quantitative estimate of drug-likeness (QED) is 0.754. The minimum absolute atomic E-state index is 0.134. The summed E-state index contributed by atoms with van der Waals surface area (Å²) in [4.78, 5) is 22.6. The minimum atomic E-state index is -0.134. The number of hydrogen-bond donors (Lipinski definition) is 1. The van der Waals surface area contributed by atoms with Gasteiger partial charge in [0.15, 0.2) is 4.96 Å². The average Bonchev–Trinajstić information content (AvgIpc) is 2.99. The Hall–Kier alpha value is -2.47. The Kier molecular flexibility index (Phi) is 4.02. The molecule has 112 valence electrons. The fourth-order valence-electron chi connectivity index (χ4n) is 2.19. The van der Waals surface area contributed by atoms with E-state index in [4.69, 9.17) is 0 Å². The molecule has 3 rings (SSSR count). The molecule has 0 aliphatic carbocycles. The van der Waals surface area contributed by atoms with Gasteiger partial charge in [-0.3, -0.25) is 14.2 Å². The van der Waals surface area contributed by atoms with Crippen LogP contribution < -0.4 is 5.32 Å². The lowest BCUT2D eigenvalue weighted by Gasteiger charge is -2.01. The van der Waals surface area contributed by atoms with E-state index in [-0.39, 0.29) is 5.91 Å². The third kappa shape index (κ3) is 3.07. The van der Waals surface area contributed by atoms with Crippen LogP contribution in [0.3, 0.4) is 0 Å². The SMILES string of the molecule is Cc1cn2c(C=CC(=O)NCc3cccnc3)c(C)nc2s1. The first-order chi connectivity index (χ1) is 10.6. The van der Waals surface area contributed by atoms with Crippen molar-refractivity contribution in [3.63, 3.8) is 0 Å². The minimum Gasteiger partial charge on any atom is -0.348 e. The number of carbonyl (C=O) groups excluding carboxylic acids is 1. The van der Waals surface area contributed by atoms with Crippen molar-refractivity contribution in [3.05, 3.63) is 58.6 Å². The van der Waals surface area contributed by atoms with Crippen molar-refractivity contribution in [3.8, 4) is 0 Å². The van der Waals surface area contributed by atoms with Gasteiger partial charge in [-0.15, -0.1) is 11.3 Å². The van der Waals surface area contributed by atoms with Gasteiger partial charge in [-0.05, 0) is 31.6 Å². The lowest BCUT2D eigenvalue weighted by molar-refractivity contribution is -0.116. The monoisotopic (exact) mass is 312 g/mol. The van der Waals surface area contributed by atoms with E-state index < -0.39 is 0 Å². The van der Waals surface area contributed by atoms with Gasteiger partial charge in [-0.25, -0.2) is 4.98 Å². The molecule has 0 unspecified atom stereocenters. The zero-order valence-electron chi connectivity index (χ0n) is 12.4. The van der Waals surface area contributed by atoms with Gasteiger partial charge >= 0.3 is 0 Å². The molecule has 6 heteroatoms. The summed E-state index contributed by atoms with van der Waals surface area (Å²) in [5, 5.41) is 2.84. The van der Waals surface area contributed by atoms with Gasteiger partial charge in [0.2, 0.25) is 5.91 Å². The van der Waals surface area contributed by atoms with Crippen LogP contribution in [0.2, 0.25) is 0 Å². The van der Waals surface area contributed by atoms with Crippen molar-refractivity contribution in [2.24, 2.45) is 0 Å². The van der Waals surface area contributed by atoms with E-state index in [9.17, 15) is 4.79 Å². The molecule has 22 heavy (non-hydrogen) atoms. The van der Waals surface area contributed by atoms with Crippen molar-refractivity contribution in [1.82, 2.24) is 19.7 Å². The van der Waals surface area contributed by atoms with E-state index >= 15 is 0 Å². The molecular formula is C16H16N4OS. The van der Waals surface area contributed by atoms with E-state index in [1.165, 1.54) is 4.88 Å². The number of thiazole rings is 1. The number of amides is 1. The Balaban J connectivity index is 1.69. The summed E-state index contributed by atoms with van der Waals surface area (Å²) < 4.78 is 2.01. The molecule has 0 aliphatic rings. The second-order valence-corrected chi connectivity index (χ2v) is 6.20. The number of fused-ring (bicyclic) bond motifs is 1. The normalized spacial score (nSPS) is 11.4. The van der Waals surface area contributed by atoms with Crippen LogP contribution in [0.25, 0.3) is 11.0 Å². The van der Waals surface area contributed by atoms with Crippen molar-refractivity contribution in [1.29, 1.82) is 0 Å². The molecule has 1 N–H and O–H groups in total. The second kappa shape index (κ2) is 6.11. The molecule has 0 fully saturated rings. The maximum Gasteiger partial charge on any atom is 0.244 e. The number of pyridine rings is 1. The summed E-state index contributed by atoms with van der Waals surface area (Å²) in [5.74, 6) is -0.134. The first-order valence-corrected chi connectivity index (χ1v) is 7.75. The first-order valence-electron chi connectivity index (χ1n) is 6.93. The van der Waals surface area contributed by atoms with Crippen LogP contribution in [0.4, 0.5) is 0 Å². The standard InChI is InChI=1S/C16H16N4OS/c1-11-10-20-14(12(2)19-16(20)22-11)5-6-15(21)18-9-13-4-3-7-17-8-13/h3-8,10H,9H2,1-2H3,(H,18,21). The van der Waals surface area contributed by atoms with Crippen molar-refractivity contribution in [2.75, 3.05) is 0 Å². The number of carbonyl (C=O) groups is 1. The van der Waals surface area contributed by atoms with Gasteiger partial charge in [0.25, 0.3) is 0 Å². The average molecular weight is 312 g/mol.